The molecule has 6 N–H and O–H groups in total. The third-order valence-electron chi connectivity index (χ3n) is 11.1. The van der Waals surface area contributed by atoms with Gasteiger partial charge in [0.05, 0.1) is 22.4 Å². The number of aryl methyl sites for hydroxylation is 4. The maximum absolute atomic E-state index is 8.91. The largest absolute Gasteiger partial charge is 0.396 e. The number of piperazine rings is 2. The Morgan fingerprint density at radius 1 is 0.685 bits per heavy atom. The smallest absolute Gasteiger partial charge is 0.175 e. The quantitative estimate of drug-likeness (QED) is 0.136. The minimum absolute atomic E-state index is 0.171. The van der Waals surface area contributed by atoms with Gasteiger partial charge in [0.15, 0.2) is 23.3 Å². The van der Waals surface area contributed by atoms with Gasteiger partial charge in [-0.1, -0.05) is 12.1 Å². The summed E-state index contributed by atoms with van der Waals surface area (Å²) in [5.41, 5.74) is 14.6. The summed E-state index contributed by atoms with van der Waals surface area (Å²) in [4.78, 5) is 20.0. The number of hydrogen-bond acceptors (Lipinski definition) is 12. The summed E-state index contributed by atoms with van der Waals surface area (Å²) in [7, 11) is 4.37. The number of amidine groups is 2. The summed E-state index contributed by atoms with van der Waals surface area (Å²) in [6, 6.07) is 8.28. The van der Waals surface area contributed by atoms with E-state index < -0.39 is 0 Å². The van der Waals surface area contributed by atoms with Gasteiger partial charge in [0.2, 0.25) is 0 Å². The van der Waals surface area contributed by atoms with Crippen LogP contribution in [0.1, 0.15) is 35.4 Å². The second kappa shape index (κ2) is 16.3. The van der Waals surface area contributed by atoms with Crippen LogP contribution in [0.3, 0.4) is 0 Å². The van der Waals surface area contributed by atoms with Crippen LogP contribution in [0.4, 0.5) is 23.0 Å². The molecule has 0 atom stereocenters. The van der Waals surface area contributed by atoms with Crippen LogP contribution in [0, 0.1) is 33.1 Å². The van der Waals surface area contributed by atoms with Crippen molar-refractivity contribution in [1.29, 1.82) is 5.41 Å². The second-order valence-electron chi connectivity index (χ2n) is 15.1. The molecule has 0 radical (unpaired) electrons. The minimum atomic E-state index is 0.171. The first kappa shape index (κ1) is 37.5. The van der Waals surface area contributed by atoms with Crippen molar-refractivity contribution in [3.8, 4) is 0 Å². The highest BCUT2D eigenvalue weighted by Crippen LogP contribution is 2.34. The molecule has 0 amide bonds. The lowest BCUT2D eigenvalue weighted by Gasteiger charge is -2.32. The van der Waals surface area contributed by atoms with Gasteiger partial charge in [-0.15, -0.1) is 10.2 Å². The fourth-order valence-corrected chi connectivity index (χ4v) is 7.21. The lowest BCUT2D eigenvalue weighted by atomic mass is 10.1. The molecule has 7 rings (SSSR count). The van der Waals surface area contributed by atoms with Crippen molar-refractivity contribution < 1.29 is 0 Å². The number of aromatic nitrogens is 4. The van der Waals surface area contributed by atoms with Crippen molar-refractivity contribution in [1.82, 2.24) is 44.1 Å². The number of rotatable bonds is 12. The van der Waals surface area contributed by atoms with E-state index in [1.54, 1.807) is 6.08 Å². The van der Waals surface area contributed by atoms with E-state index in [-0.39, 0.29) is 5.71 Å². The molecular formula is C39H57N15. The molecular weight excluding hydrogens is 679 g/mol. The van der Waals surface area contributed by atoms with E-state index in [1.165, 1.54) is 0 Å². The van der Waals surface area contributed by atoms with Crippen LogP contribution in [0.2, 0.25) is 0 Å². The summed E-state index contributed by atoms with van der Waals surface area (Å²) in [6.07, 6.45) is 3.59. The number of nitrogens with zero attached hydrogens (tertiary/aromatic N) is 10. The normalized spacial score (nSPS) is 19.7. The fourth-order valence-electron chi connectivity index (χ4n) is 7.21. The molecule has 2 fully saturated rings. The van der Waals surface area contributed by atoms with E-state index in [0.29, 0.717) is 40.4 Å². The molecule has 2 saturated heterocycles. The summed E-state index contributed by atoms with van der Waals surface area (Å²) in [6.45, 7) is 20.7. The van der Waals surface area contributed by atoms with Gasteiger partial charge in [0.1, 0.15) is 11.4 Å². The van der Waals surface area contributed by atoms with E-state index in [4.69, 9.17) is 31.3 Å². The standard InChI is InChI=1S/C39H57N15/c1-26-9-11-32-34(38(47-53(32)28(26)3)42-13-7-15-51-21-17-49(5)18-22-51)44-36-30(40)25-31(41)37(46-36)45-35-33-12-10-27(2)29(4)54(33)48-39(35)43-14-8-16-52-23-19-50(6)20-24-52/h9-12,25,40H,7-8,13-24,41H2,1-6H3,(H,42,47)(H,43,48)(H,44,45,46). The second-order valence-corrected chi connectivity index (χ2v) is 15.1. The first-order valence-corrected chi connectivity index (χ1v) is 19.3. The number of pyridine rings is 2. The molecule has 3 aliphatic heterocycles. The van der Waals surface area contributed by atoms with Crippen LogP contribution in [0.15, 0.2) is 46.0 Å². The van der Waals surface area contributed by atoms with Crippen molar-refractivity contribution in [2.75, 3.05) is 103 Å². The van der Waals surface area contributed by atoms with Crippen LogP contribution < -0.4 is 21.7 Å². The third-order valence-corrected chi connectivity index (χ3v) is 11.1. The van der Waals surface area contributed by atoms with Crippen molar-refractivity contribution in [2.45, 2.75) is 40.5 Å². The Morgan fingerprint density at radius 2 is 1.13 bits per heavy atom. The molecule has 4 aromatic heterocycles. The molecule has 0 aromatic carbocycles. The Kier molecular flexibility index (Phi) is 11.3. The van der Waals surface area contributed by atoms with Gasteiger partial charge in [-0.05, 0) is 97.1 Å². The lowest BCUT2D eigenvalue weighted by Crippen LogP contribution is -2.44. The molecule has 3 aliphatic rings. The van der Waals surface area contributed by atoms with Crippen molar-refractivity contribution >= 4 is 51.4 Å². The average molecular weight is 736 g/mol. The first-order valence-electron chi connectivity index (χ1n) is 19.3. The van der Waals surface area contributed by atoms with Crippen LogP contribution in [0.25, 0.3) is 11.0 Å². The van der Waals surface area contributed by atoms with E-state index >= 15 is 0 Å². The number of fused-ring (bicyclic) bond motifs is 2. The SMILES string of the molecule is Cc1ccc2c(N=C3NC(=Nc4c(NCCCN5CCN(C)CC5)nn5c(C)c(C)ccc45)C(N)=CC3=N)c(NCCCN3CCN(C)CC3)nn2c1C. The molecule has 0 aliphatic carbocycles. The number of aliphatic imine (C=N–C) groups is 2. The molecule has 0 bridgehead atoms. The number of nitrogens with one attached hydrogen (secondary N) is 4. The molecule has 0 saturated carbocycles. The molecule has 7 heterocycles. The third kappa shape index (κ3) is 8.14. The molecule has 15 heteroatoms. The van der Waals surface area contributed by atoms with E-state index in [2.05, 4.69) is 95.5 Å². The van der Waals surface area contributed by atoms with E-state index in [9.17, 15) is 0 Å². The zero-order valence-corrected chi connectivity index (χ0v) is 32.8. The first-order chi connectivity index (χ1) is 26.0. The number of anilines is 2. The highest BCUT2D eigenvalue weighted by Gasteiger charge is 2.24. The Bertz CT molecular complexity index is 2090. The number of nitrogens with two attached hydrogens (primary N) is 1. The average Bonchev–Trinajstić information content (AvgIpc) is 3.69. The molecule has 54 heavy (non-hydrogen) atoms. The van der Waals surface area contributed by atoms with Gasteiger partial charge in [0.25, 0.3) is 0 Å². The highest BCUT2D eigenvalue weighted by atomic mass is 15.3. The van der Waals surface area contributed by atoms with Crippen LogP contribution in [0.5, 0.6) is 0 Å². The number of hydrogen-bond donors (Lipinski definition) is 5. The highest BCUT2D eigenvalue weighted by molar-refractivity contribution is 6.50. The van der Waals surface area contributed by atoms with Gasteiger partial charge in [0, 0.05) is 76.8 Å². The predicted molar refractivity (Wildman–Crippen MR) is 221 cm³/mol. The van der Waals surface area contributed by atoms with Gasteiger partial charge in [-0.3, -0.25) is 5.41 Å². The predicted octanol–water partition coefficient (Wildman–Crippen LogP) is 3.54. The zero-order chi connectivity index (χ0) is 37.9. The van der Waals surface area contributed by atoms with Crippen molar-refractivity contribution in [2.24, 2.45) is 15.7 Å². The summed E-state index contributed by atoms with van der Waals surface area (Å²) < 4.78 is 3.89. The topological polar surface area (TPSA) is 158 Å². The molecule has 0 spiro atoms. The van der Waals surface area contributed by atoms with Gasteiger partial charge in [-0.2, -0.15) is 0 Å². The fraction of sp³-hybridized carbons (Fsp3) is 0.513. The summed E-state index contributed by atoms with van der Waals surface area (Å²) in [5.74, 6) is 2.15. The summed E-state index contributed by atoms with van der Waals surface area (Å²) in [5, 5.41) is 29.3. The van der Waals surface area contributed by atoms with Crippen molar-refractivity contribution in [3.63, 3.8) is 0 Å². The Labute approximate surface area is 318 Å². The summed E-state index contributed by atoms with van der Waals surface area (Å²) >= 11 is 0. The van der Waals surface area contributed by atoms with Crippen LogP contribution >= 0.6 is 0 Å². The lowest BCUT2D eigenvalue weighted by molar-refractivity contribution is 0.154. The molecule has 0 unspecified atom stereocenters. The molecule has 288 valence electrons. The Hall–Kier alpha value is -4.83. The molecule has 4 aromatic rings. The van der Waals surface area contributed by atoms with E-state index in [0.717, 1.165) is 125 Å². The van der Waals surface area contributed by atoms with Crippen LogP contribution in [-0.4, -0.2) is 149 Å². The van der Waals surface area contributed by atoms with Crippen LogP contribution in [-0.2, 0) is 0 Å². The van der Waals surface area contributed by atoms with Crippen molar-refractivity contribution in [3.05, 3.63) is 58.6 Å². The van der Waals surface area contributed by atoms with Gasteiger partial charge in [-0.25, -0.2) is 19.0 Å². The van der Waals surface area contributed by atoms with Gasteiger partial charge < -0.3 is 41.3 Å². The Morgan fingerprint density at radius 3 is 1.59 bits per heavy atom. The molecule has 15 nitrogen and oxygen atoms in total. The maximum atomic E-state index is 8.91. The number of likely N-dealkylation sites (N-methyl/N-ethyl adjacent to an activating group) is 2. The maximum Gasteiger partial charge on any atom is 0.175 e. The monoisotopic (exact) mass is 735 g/mol. The zero-order valence-electron chi connectivity index (χ0n) is 32.8. The Balaban J connectivity index is 1.15. The minimum Gasteiger partial charge on any atom is -0.396 e. The van der Waals surface area contributed by atoms with Gasteiger partial charge >= 0.3 is 0 Å². The van der Waals surface area contributed by atoms with E-state index in [1.807, 2.05) is 15.1 Å².